The van der Waals surface area contributed by atoms with Crippen molar-refractivity contribution in [3.05, 3.63) is 28.8 Å². The summed E-state index contributed by atoms with van der Waals surface area (Å²) in [5.41, 5.74) is 0.0322. The summed E-state index contributed by atoms with van der Waals surface area (Å²) in [6.45, 7) is 4.79. The molecule has 128 valence electrons. The Balaban J connectivity index is 2.47. The van der Waals surface area contributed by atoms with Gasteiger partial charge in [-0.2, -0.15) is 4.39 Å². The standard InChI is InChI=1S/C17H22F2O4/c1-4-23-13(20)10-11-9-12(14(18)15(19)16(11)21-3)17(2)5-7-22-8-6-17/h9H,4-8,10H2,1-3H3. The molecule has 0 aliphatic carbocycles. The van der Waals surface area contributed by atoms with E-state index in [-0.39, 0.29) is 24.3 Å². The van der Waals surface area contributed by atoms with Crippen molar-refractivity contribution in [2.45, 2.75) is 38.5 Å². The predicted octanol–water partition coefficient (Wildman–Crippen LogP) is 3.15. The molecule has 0 amide bonds. The van der Waals surface area contributed by atoms with Gasteiger partial charge < -0.3 is 14.2 Å². The molecular formula is C17H22F2O4. The first-order valence-electron chi connectivity index (χ1n) is 7.71. The molecule has 0 aromatic heterocycles. The van der Waals surface area contributed by atoms with Crippen LogP contribution in [-0.2, 0) is 26.1 Å². The van der Waals surface area contributed by atoms with Gasteiger partial charge in [-0.3, -0.25) is 4.79 Å². The molecule has 0 radical (unpaired) electrons. The molecule has 1 fully saturated rings. The molecule has 1 aromatic carbocycles. The Morgan fingerprint density at radius 2 is 1.96 bits per heavy atom. The molecule has 6 heteroatoms. The fourth-order valence-corrected chi connectivity index (χ4v) is 2.91. The zero-order valence-corrected chi connectivity index (χ0v) is 13.7. The van der Waals surface area contributed by atoms with Gasteiger partial charge in [-0.1, -0.05) is 6.92 Å². The number of rotatable bonds is 5. The Labute approximate surface area is 134 Å². The Hall–Kier alpha value is -1.69. The van der Waals surface area contributed by atoms with Crippen LogP contribution in [0, 0.1) is 11.6 Å². The third-order valence-electron chi connectivity index (χ3n) is 4.33. The quantitative estimate of drug-likeness (QED) is 0.779. The third kappa shape index (κ3) is 3.63. The van der Waals surface area contributed by atoms with E-state index in [0.29, 0.717) is 31.6 Å². The van der Waals surface area contributed by atoms with Crippen LogP contribution in [0.5, 0.6) is 5.75 Å². The molecule has 0 bridgehead atoms. The van der Waals surface area contributed by atoms with E-state index in [1.54, 1.807) is 6.92 Å². The van der Waals surface area contributed by atoms with Gasteiger partial charge in [0.1, 0.15) is 0 Å². The summed E-state index contributed by atoms with van der Waals surface area (Å²) >= 11 is 0. The zero-order chi connectivity index (χ0) is 17.0. The van der Waals surface area contributed by atoms with Crippen molar-refractivity contribution >= 4 is 5.97 Å². The first-order valence-corrected chi connectivity index (χ1v) is 7.71. The van der Waals surface area contributed by atoms with Crippen molar-refractivity contribution in [3.8, 4) is 5.75 Å². The summed E-state index contributed by atoms with van der Waals surface area (Å²) in [7, 11) is 1.25. The van der Waals surface area contributed by atoms with Crippen molar-refractivity contribution < 1.29 is 27.8 Å². The van der Waals surface area contributed by atoms with Gasteiger partial charge in [0.15, 0.2) is 11.6 Å². The van der Waals surface area contributed by atoms with Crippen molar-refractivity contribution in [2.75, 3.05) is 26.9 Å². The van der Waals surface area contributed by atoms with Crippen LogP contribution in [-0.4, -0.2) is 32.9 Å². The predicted molar refractivity (Wildman–Crippen MR) is 80.7 cm³/mol. The van der Waals surface area contributed by atoms with Crippen LogP contribution in [0.15, 0.2) is 6.07 Å². The van der Waals surface area contributed by atoms with E-state index in [0.717, 1.165) is 0 Å². The second kappa shape index (κ2) is 7.25. The van der Waals surface area contributed by atoms with Gasteiger partial charge in [0.25, 0.3) is 0 Å². The minimum atomic E-state index is -1.06. The van der Waals surface area contributed by atoms with E-state index in [2.05, 4.69) is 0 Å². The van der Waals surface area contributed by atoms with Gasteiger partial charge in [-0.05, 0) is 36.8 Å². The largest absolute Gasteiger partial charge is 0.493 e. The Kier molecular flexibility index (Phi) is 5.57. The highest BCUT2D eigenvalue weighted by Crippen LogP contribution is 2.40. The third-order valence-corrected chi connectivity index (χ3v) is 4.33. The van der Waals surface area contributed by atoms with Crippen LogP contribution >= 0.6 is 0 Å². The van der Waals surface area contributed by atoms with Crippen LogP contribution in [0.25, 0.3) is 0 Å². The first-order chi connectivity index (χ1) is 10.9. The minimum Gasteiger partial charge on any atom is -0.493 e. The van der Waals surface area contributed by atoms with E-state index < -0.39 is 23.0 Å². The molecule has 0 N–H and O–H groups in total. The van der Waals surface area contributed by atoms with Crippen molar-refractivity contribution in [2.24, 2.45) is 0 Å². The molecule has 4 nitrogen and oxygen atoms in total. The van der Waals surface area contributed by atoms with E-state index in [1.807, 2.05) is 6.92 Å². The Morgan fingerprint density at radius 1 is 1.30 bits per heavy atom. The van der Waals surface area contributed by atoms with Gasteiger partial charge in [-0.25, -0.2) is 4.39 Å². The summed E-state index contributed by atoms with van der Waals surface area (Å²) in [4.78, 5) is 11.7. The van der Waals surface area contributed by atoms with Crippen LogP contribution in [0.3, 0.4) is 0 Å². The molecule has 0 spiro atoms. The van der Waals surface area contributed by atoms with Crippen LogP contribution in [0.4, 0.5) is 8.78 Å². The van der Waals surface area contributed by atoms with Gasteiger partial charge in [0, 0.05) is 18.8 Å². The number of ether oxygens (including phenoxy) is 3. The van der Waals surface area contributed by atoms with E-state index in [4.69, 9.17) is 14.2 Å². The average molecular weight is 328 g/mol. The molecule has 23 heavy (non-hydrogen) atoms. The number of esters is 1. The van der Waals surface area contributed by atoms with Gasteiger partial charge in [-0.15, -0.1) is 0 Å². The smallest absolute Gasteiger partial charge is 0.310 e. The zero-order valence-electron chi connectivity index (χ0n) is 13.7. The number of carbonyl (C=O) groups excluding carboxylic acids is 1. The minimum absolute atomic E-state index is 0.159. The monoisotopic (exact) mass is 328 g/mol. The highest BCUT2D eigenvalue weighted by Gasteiger charge is 2.35. The Morgan fingerprint density at radius 3 is 2.52 bits per heavy atom. The number of benzene rings is 1. The number of carbonyl (C=O) groups is 1. The lowest BCUT2D eigenvalue weighted by atomic mass is 9.75. The molecule has 1 heterocycles. The summed E-state index contributed by atoms with van der Waals surface area (Å²) in [6.07, 6.45) is 1.02. The fraction of sp³-hybridized carbons (Fsp3) is 0.588. The van der Waals surface area contributed by atoms with Crippen LogP contribution in [0.1, 0.15) is 37.8 Å². The van der Waals surface area contributed by atoms with E-state index in [1.165, 1.54) is 13.2 Å². The SMILES string of the molecule is CCOC(=O)Cc1cc(C2(C)CCOCC2)c(F)c(F)c1OC. The second-order valence-corrected chi connectivity index (χ2v) is 5.90. The summed E-state index contributed by atoms with van der Waals surface area (Å²) in [6, 6.07) is 1.53. The highest BCUT2D eigenvalue weighted by atomic mass is 19.2. The van der Waals surface area contributed by atoms with E-state index in [9.17, 15) is 13.6 Å². The maximum atomic E-state index is 14.5. The van der Waals surface area contributed by atoms with Gasteiger partial charge in [0.2, 0.25) is 5.82 Å². The molecule has 1 aliphatic rings. The number of halogens is 2. The second-order valence-electron chi connectivity index (χ2n) is 5.90. The first kappa shape index (κ1) is 17.7. The lowest BCUT2D eigenvalue weighted by molar-refractivity contribution is -0.142. The normalized spacial score (nSPS) is 16.9. The molecule has 0 unspecified atom stereocenters. The van der Waals surface area contributed by atoms with Crippen molar-refractivity contribution in [3.63, 3.8) is 0 Å². The molecule has 2 rings (SSSR count). The topological polar surface area (TPSA) is 44.8 Å². The van der Waals surface area contributed by atoms with E-state index >= 15 is 0 Å². The lowest BCUT2D eigenvalue weighted by Gasteiger charge is -2.34. The number of hydrogen-bond acceptors (Lipinski definition) is 4. The molecule has 1 aromatic rings. The number of methoxy groups -OCH3 is 1. The molecule has 1 aliphatic heterocycles. The Bertz CT molecular complexity index is 580. The molecule has 0 atom stereocenters. The van der Waals surface area contributed by atoms with Crippen molar-refractivity contribution in [1.82, 2.24) is 0 Å². The summed E-state index contributed by atoms with van der Waals surface area (Å²) < 4.78 is 44.1. The van der Waals surface area contributed by atoms with Crippen molar-refractivity contribution in [1.29, 1.82) is 0 Å². The maximum Gasteiger partial charge on any atom is 0.310 e. The summed E-state index contributed by atoms with van der Waals surface area (Å²) in [5.74, 6) is -2.72. The highest BCUT2D eigenvalue weighted by molar-refractivity contribution is 5.73. The van der Waals surface area contributed by atoms with Gasteiger partial charge >= 0.3 is 5.97 Å². The molecule has 1 saturated heterocycles. The molecule has 0 saturated carbocycles. The fourth-order valence-electron chi connectivity index (χ4n) is 2.91. The molecular weight excluding hydrogens is 306 g/mol. The summed E-state index contributed by atoms with van der Waals surface area (Å²) in [5, 5.41) is 0. The van der Waals surface area contributed by atoms with Gasteiger partial charge in [0.05, 0.1) is 20.1 Å². The average Bonchev–Trinajstić information content (AvgIpc) is 2.52. The maximum absolute atomic E-state index is 14.5. The number of hydrogen-bond donors (Lipinski definition) is 0. The van der Waals surface area contributed by atoms with Crippen LogP contribution < -0.4 is 4.74 Å². The van der Waals surface area contributed by atoms with Crippen LogP contribution in [0.2, 0.25) is 0 Å². The lowest BCUT2D eigenvalue weighted by Crippen LogP contribution is -2.32.